The molecule has 0 radical (unpaired) electrons. The summed E-state index contributed by atoms with van der Waals surface area (Å²) < 4.78 is 13.3. The molecule has 0 aliphatic rings. The Labute approximate surface area is 90.8 Å². The smallest absolute Gasteiger partial charge is 0.155 e. The van der Waals surface area contributed by atoms with Crippen LogP contribution in [0.5, 0.6) is 0 Å². The molecule has 1 rings (SSSR count). The molecule has 0 unspecified atom stereocenters. The Morgan fingerprint density at radius 3 is 2.57 bits per heavy atom. The third-order valence-electron chi connectivity index (χ3n) is 1.88. The molecular weight excluding hydrogens is 247 g/mol. The van der Waals surface area contributed by atoms with Crippen LogP contribution < -0.4 is 0 Å². The van der Waals surface area contributed by atoms with Crippen molar-refractivity contribution in [3.05, 3.63) is 39.6 Å². The van der Waals surface area contributed by atoms with E-state index in [1.54, 1.807) is 25.1 Å². The van der Waals surface area contributed by atoms with Gasteiger partial charge in [0, 0.05) is 0 Å². The highest BCUT2D eigenvalue weighted by molar-refractivity contribution is 9.10. The molecule has 0 aliphatic carbocycles. The van der Waals surface area contributed by atoms with Crippen LogP contribution in [0.2, 0.25) is 0 Å². The molecule has 0 saturated heterocycles. The summed E-state index contributed by atoms with van der Waals surface area (Å²) in [6.45, 7) is 3.24. The van der Waals surface area contributed by atoms with Gasteiger partial charge in [0.05, 0.1) is 4.47 Å². The van der Waals surface area contributed by atoms with Crippen molar-refractivity contribution in [2.24, 2.45) is 0 Å². The zero-order valence-electron chi connectivity index (χ0n) is 7.97. The van der Waals surface area contributed by atoms with Crippen molar-refractivity contribution in [1.82, 2.24) is 0 Å². The first kappa shape index (κ1) is 11.1. The van der Waals surface area contributed by atoms with Crippen LogP contribution in [-0.4, -0.2) is 5.78 Å². The Morgan fingerprint density at radius 2 is 2.07 bits per heavy atom. The van der Waals surface area contributed by atoms with Crippen molar-refractivity contribution in [2.45, 2.75) is 13.8 Å². The normalized spacial score (nSPS) is 11.6. The lowest BCUT2D eigenvalue weighted by molar-refractivity contribution is -0.113. The summed E-state index contributed by atoms with van der Waals surface area (Å²) in [5.74, 6) is -0.284. The van der Waals surface area contributed by atoms with Gasteiger partial charge in [0.1, 0.15) is 5.82 Å². The van der Waals surface area contributed by atoms with E-state index in [2.05, 4.69) is 15.9 Å². The van der Waals surface area contributed by atoms with E-state index in [1.807, 2.05) is 0 Å². The van der Waals surface area contributed by atoms with Gasteiger partial charge in [-0.3, -0.25) is 4.79 Å². The molecule has 0 aromatic heterocycles. The molecule has 14 heavy (non-hydrogen) atoms. The minimum absolute atomic E-state index is 0.0189. The van der Waals surface area contributed by atoms with Gasteiger partial charge in [-0.25, -0.2) is 4.39 Å². The topological polar surface area (TPSA) is 17.1 Å². The van der Waals surface area contributed by atoms with Gasteiger partial charge in [-0.2, -0.15) is 0 Å². The Balaban J connectivity index is 3.04. The van der Waals surface area contributed by atoms with Crippen molar-refractivity contribution >= 4 is 27.8 Å². The molecule has 0 heterocycles. The number of halogens is 2. The summed E-state index contributed by atoms with van der Waals surface area (Å²) in [4.78, 5) is 10.9. The standard InChI is InChI=1S/C11H10BrFO/c1-7(8(2)14)5-9-3-4-11(13)10(12)6-9/h3-6H,1-2H3/b7-5-. The van der Waals surface area contributed by atoms with E-state index in [0.29, 0.717) is 10.0 Å². The van der Waals surface area contributed by atoms with Gasteiger partial charge < -0.3 is 0 Å². The monoisotopic (exact) mass is 256 g/mol. The lowest BCUT2D eigenvalue weighted by Crippen LogP contribution is -1.90. The van der Waals surface area contributed by atoms with Gasteiger partial charge in [-0.15, -0.1) is 0 Å². The van der Waals surface area contributed by atoms with Crippen LogP contribution in [0.15, 0.2) is 28.2 Å². The second-order valence-corrected chi connectivity index (χ2v) is 3.91. The van der Waals surface area contributed by atoms with Crippen molar-refractivity contribution < 1.29 is 9.18 Å². The van der Waals surface area contributed by atoms with Crippen LogP contribution in [0.25, 0.3) is 6.08 Å². The fourth-order valence-electron chi connectivity index (χ4n) is 0.954. The summed E-state index contributed by atoms with van der Waals surface area (Å²) in [6.07, 6.45) is 1.73. The third-order valence-corrected chi connectivity index (χ3v) is 2.49. The number of allylic oxidation sites excluding steroid dienone is 1. The first-order valence-corrected chi connectivity index (χ1v) is 4.94. The first-order chi connectivity index (χ1) is 6.50. The molecule has 0 fully saturated rings. The van der Waals surface area contributed by atoms with Crippen molar-refractivity contribution in [3.63, 3.8) is 0 Å². The predicted octanol–water partition coefficient (Wildman–Crippen LogP) is 3.58. The summed E-state index contributed by atoms with van der Waals surface area (Å²) in [5.41, 5.74) is 1.47. The zero-order valence-corrected chi connectivity index (χ0v) is 9.56. The Morgan fingerprint density at radius 1 is 1.43 bits per heavy atom. The number of carbonyl (C=O) groups excluding carboxylic acids is 1. The van der Waals surface area contributed by atoms with Crippen molar-refractivity contribution in [1.29, 1.82) is 0 Å². The van der Waals surface area contributed by atoms with E-state index < -0.39 is 0 Å². The summed E-state index contributed by atoms with van der Waals surface area (Å²) >= 11 is 3.08. The maximum Gasteiger partial charge on any atom is 0.155 e. The molecule has 1 nitrogen and oxygen atoms in total. The first-order valence-electron chi connectivity index (χ1n) is 4.15. The van der Waals surface area contributed by atoms with Crippen molar-refractivity contribution in [3.8, 4) is 0 Å². The highest BCUT2D eigenvalue weighted by Crippen LogP contribution is 2.18. The van der Waals surface area contributed by atoms with Gasteiger partial charge in [-0.05, 0) is 59.1 Å². The number of hydrogen-bond donors (Lipinski definition) is 0. The molecule has 0 spiro atoms. The number of benzene rings is 1. The molecule has 0 bridgehead atoms. The van der Waals surface area contributed by atoms with Gasteiger partial charge in [-0.1, -0.05) is 6.07 Å². The van der Waals surface area contributed by atoms with E-state index in [4.69, 9.17) is 0 Å². The van der Waals surface area contributed by atoms with E-state index in [0.717, 1.165) is 5.56 Å². The largest absolute Gasteiger partial charge is 0.295 e. The lowest BCUT2D eigenvalue weighted by Gasteiger charge is -1.98. The van der Waals surface area contributed by atoms with Gasteiger partial charge in [0.25, 0.3) is 0 Å². The minimum Gasteiger partial charge on any atom is -0.295 e. The van der Waals surface area contributed by atoms with Crippen LogP contribution in [0.3, 0.4) is 0 Å². The maximum absolute atomic E-state index is 12.9. The average Bonchev–Trinajstić information content (AvgIpc) is 2.11. The summed E-state index contributed by atoms with van der Waals surface area (Å²) in [6, 6.07) is 4.64. The zero-order chi connectivity index (χ0) is 10.7. The van der Waals surface area contributed by atoms with E-state index >= 15 is 0 Å². The van der Waals surface area contributed by atoms with Crippen LogP contribution in [0, 0.1) is 5.82 Å². The minimum atomic E-state index is -0.303. The van der Waals surface area contributed by atoms with Crippen molar-refractivity contribution in [2.75, 3.05) is 0 Å². The SMILES string of the molecule is CC(=O)/C(C)=C\c1ccc(F)c(Br)c1. The summed E-state index contributed by atoms with van der Waals surface area (Å²) in [5, 5.41) is 0. The van der Waals surface area contributed by atoms with Crippen LogP contribution in [-0.2, 0) is 4.79 Å². The maximum atomic E-state index is 12.9. The highest BCUT2D eigenvalue weighted by Gasteiger charge is 2.00. The molecule has 3 heteroatoms. The van der Waals surface area contributed by atoms with E-state index in [1.165, 1.54) is 13.0 Å². The highest BCUT2D eigenvalue weighted by atomic mass is 79.9. The van der Waals surface area contributed by atoms with Gasteiger partial charge in [0.15, 0.2) is 5.78 Å². The number of rotatable bonds is 2. The second-order valence-electron chi connectivity index (χ2n) is 3.06. The summed E-state index contributed by atoms with van der Waals surface area (Å²) in [7, 11) is 0. The third kappa shape index (κ3) is 2.77. The molecule has 0 atom stereocenters. The Hall–Kier alpha value is -0.960. The molecule has 0 saturated carbocycles. The molecule has 1 aromatic rings. The molecule has 0 amide bonds. The fourth-order valence-corrected chi connectivity index (χ4v) is 1.35. The van der Waals surface area contributed by atoms with Crippen LogP contribution >= 0.6 is 15.9 Å². The van der Waals surface area contributed by atoms with E-state index in [-0.39, 0.29) is 11.6 Å². The fraction of sp³-hybridized carbons (Fsp3) is 0.182. The van der Waals surface area contributed by atoms with Gasteiger partial charge >= 0.3 is 0 Å². The molecule has 74 valence electrons. The Kier molecular flexibility index (Phi) is 3.58. The average molecular weight is 257 g/mol. The predicted molar refractivity (Wildman–Crippen MR) is 58.4 cm³/mol. The number of ketones is 1. The number of Topliss-reactive ketones (excluding diaryl/α,β-unsaturated/α-hetero) is 1. The van der Waals surface area contributed by atoms with Crippen LogP contribution in [0.1, 0.15) is 19.4 Å². The second kappa shape index (κ2) is 4.51. The van der Waals surface area contributed by atoms with Crippen LogP contribution in [0.4, 0.5) is 4.39 Å². The Bertz CT molecular complexity index is 396. The van der Waals surface area contributed by atoms with Gasteiger partial charge in [0.2, 0.25) is 0 Å². The van der Waals surface area contributed by atoms with E-state index in [9.17, 15) is 9.18 Å². The molecule has 0 aliphatic heterocycles. The molecule has 1 aromatic carbocycles. The molecule has 0 N–H and O–H groups in total. The molecular formula is C11H10BrFO. The quantitative estimate of drug-likeness (QED) is 0.740. The lowest BCUT2D eigenvalue weighted by atomic mass is 10.1. The number of carbonyl (C=O) groups is 1. The number of hydrogen-bond acceptors (Lipinski definition) is 1.